The Morgan fingerprint density at radius 2 is 2.00 bits per heavy atom. The first kappa shape index (κ1) is 22.7. The molecule has 4 rings (SSSR count). The van der Waals surface area contributed by atoms with Crippen LogP contribution in [0.5, 0.6) is 0 Å². The fourth-order valence-corrected chi connectivity index (χ4v) is 3.98. The number of carboxylic acid groups (broad SMARTS) is 1. The molecule has 1 aromatic carbocycles. The van der Waals surface area contributed by atoms with Gasteiger partial charge < -0.3 is 14.8 Å². The van der Waals surface area contributed by atoms with Crippen LogP contribution in [0.4, 0.5) is 14.5 Å². The number of aromatic nitrogens is 1. The van der Waals surface area contributed by atoms with E-state index in [-0.39, 0.29) is 39.8 Å². The fraction of sp³-hybridized carbons (Fsp3) is 0.208. The van der Waals surface area contributed by atoms with Crippen molar-refractivity contribution < 1.29 is 23.1 Å². The van der Waals surface area contributed by atoms with Crippen LogP contribution in [0.2, 0.25) is 5.15 Å². The third-order valence-electron chi connectivity index (χ3n) is 5.50. The van der Waals surface area contributed by atoms with Crippen molar-refractivity contribution in [1.82, 2.24) is 4.98 Å². The maximum absolute atomic E-state index is 14.5. The van der Waals surface area contributed by atoms with Crippen LogP contribution in [-0.2, 0) is 0 Å². The summed E-state index contributed by atoms with van der Waals surface area (Å²) in [5.41, 5.74) is 0.922. The molecule has 0 spiro atoms. The van der Waals surface area contributed by atoms with Crippen molar-refractivity contribution in [3.63, 3.8) is 0 Å². The van der Waals surface area contributed by atoms with Gasteiger partial charge >= 0.3 is 5.97 Å². The van der Waals surface area contributed by atoms with Crippen molar-refractivity contribution in [2.75, 3.05) is 5.32 Å². The number of hydrogen-bond acceptors (Lipinski definition) is 5. The average Bonchev–Trinajstić information content (AvgIpc) is 2.77. The van der Waals surface area contributed by atoms with E-state index in [0.29, 0.717) is 28.9 Å². The van der Waals surface area contributed by atoms with Crippen molar-refractivity contribution in [3.8, 4) is 0 Å². The summed E-state index contributed by atoms with van der Waals surface area (Å²) in [5, 5.41) is 12.5. The first-order chi connectivity index (χ1) is 15.7. The Labute approximate surface area is 192 Å². The molecule has 170 valence electrons. The van der Waals surface area contributed by atoms with E-state index in [1.54, 1.807) is 19.9 Å². The topological polar surface area (TPSA) is 92.4 Å². The van der Waals surface area contributed by atoms with Gasteiger partial charge in [0.05, 0.1) is 17.1 Å². The summed E-state index contributed by atoms with van der Waals surface area (Å²) in [6.07, 6.45) is 3.46. The zero-order chi connectivity index (χ0) is 23.9. The summed E-state index contributed by atoms with van der Waals surface area (Å²) in [4.78, 5) is 28.4. The predicted molar refractivity (Wildman–Crippen MR) is 122 cm³/mol. The van der Waals surface area contributed by atoms with Gasteiger partial charge in [-0.1, -0.05) is 17.7 Å². The molecule has 0 unspecified atom stereocenters. The van der Waals surface area contributed by atoms with Gasteiger partial charge in [0.2, 0.25) is 0 Å². The molecule has 0 fully saturated rings. The number of hydrogen-bond donors (Lipinski definition) is 2. The number of fused-ring (bicyclic) bond motifs is 1. The number of nitrogens with one attached hydrogen (secondary N) is 1. The van der Waals surface area contributed by atoms with Crippen LogP contribution in [0, 0.1) is 12.7 Å². The molecule has 2 N–H and O–H groups in total. The quantitative estimate of drug-likeness (QED) is 0.430. The minimum Gasteiger partial charge on any atom is -0.476 e. The molecule has 0 radical (unpaired) electrons. The lowest BCUT2D eigenvalue weighted by atomic mass is 9.97. The molecule has 9 heteroatoms. The number of nitrogens with zero attached hydrogens (tertiary/aromatic N) is 1. The molecule has 0 amide bonds. The SMILES string of the molecule is Cc1c(C2=CC=C(F)CC2)oc2c([C@@H](C)Nc3ccc(Cl)nc3C(=O)O)cc(F)cc2c1=O. The van der Waals surface area contributed by atoms with Crippen LogP contribution in [-0.4, -0.2) is 16.1 Å². The van der Waals surface area contributed by atoms with E-state index in [9.17, 15) is 23.5 Å². The summed E-state index contributed by atoms with van der Waals surface area (Å²) < 4.78 is 34.0. The van der Waals surface area contributed by atoms with Crippen LogP contribution in [0.25, 0.3) is 16.5 Å². The highest BCUT2D eigenvalue weighted by molar-refractivity contribution is 6.29. The monoisotopic (exact) mass is 472 g/mol. The second kappa shape index (κ2) is 8.78. The minimum atomic E-state index is -1.29. The minimum absolute atomic E-state index is 0.0131. The highest BCUT2D eigenvalue weighted by atomic mass is 35.5. The zero-order valence-electron chi connectivity index (χ0n) is 17.7. The molecule has 2 heterocycles. The first-order valence-electron chi connectivity index (χ1n) is 10.1. The Morgan fingerprint density at radius 3 is 2.67 bits per heavy atom. The van der Waals surface area contributed by atoms with E-state index in [4.69, 9.17) is 16.0 Å². The van der Waals surface area contributed by atoms with Crippen molar-refractivity contribution in [3.05, 3.63) is 86.0 Å². The van der Waals surface area contributed by atoms with Crippen molar-refractivity contribution in [2.45, 2.75) is 32.7 Å². The molecule has 0 saturated carbocycles. The molecule has 0 aliphatic heterocycles. The van der Waals surface area contributed by atoms with Crippen molar-refractivity contribution >= 4 is 39.8 Å². The molecule has 3 aromatic rings. The van der Waals surface area contributed by atoms with E-state index >= 15 is 0 Å². The molecule has 0 saturated heterocycles. The highest BCUT2D eigenvalue weighted by Crippen LogP contribution is 2.34. The lowest BCUT2D eigenvalue weighted by Gasteiger charge is -2.20. The molecule has 1 aliphatic carbocycles. The molecule has 2 aromatic heterocycles. The van der Waals surface area contributed by atoms with Gasteiger partial charge in [-0.05, 0) is 56.2 Å². The number of anilines is 1. The molecule has 6 nitrogen and oxygen atoms in total. The van der Waals surface area contributed by atoms with E-state index in [2.05, 4.69) is 10.3 Å². The van der Waals surface area contributed by atoms with Crippen LogP contribution in [0.15, 0.2) is 51.5 Å². The number of halogens is 3. The van der Waals surface area contributed by atoms with Gasteiger partial charge in [-0.15, -0.1) is 0 Å². The summed E-state index contributed by atoms with van der Waals surface area (Å²) in [6.45, 7) is 3.26. The number of aromatic carboxylic acids is 1. The largest absolute Gasteiger partial charge is 0.476 e. The Bertz CT molecular complexity index is 1410. The Morgan fingerprint density at radius 1 is 1.24 bits per heavy atom. The zero-order valence-corrected chi connectivity index (χ0v) is 18.5. The number of rotatable bonds is 5. The summed E-state index contributed by atoms with van der Waals surface area (Å²) >= 11 is 5.81. The third kappa shape index (κ3) is 4.39. The third-order valence-corrected chi connectivity index (χ3v) is 5.72. The summed E-state index contributed by atoms with van der Waals surface area (Å²) in [5.74, 6) is -1.87. The van der Waals surface area contributed by atoms with Crippen LogP contribution in [0.1, 0.15) is 53.2 Å². The molecule has 33 heavy (non-hydrogen) atoms. The average molecular weight is 473 g/mol. The van der Waals surface area contributed by atoms with Crippen molar-refractivity contribution in [2.24, 2.45) is 0 Å². The highest BCUT2D eigenvalue weighted by Gasteiger charge is 2.22. The number of allylic oxidation sites excluding steroid dienone is 4. The lowest BCUT2D eigenvalue weighted by molar-refractivity contribution is 0.0691. The van der Waals surface area contributed by atoms with Crippen LogP contribution in [0.3, 0.4) is 0 Å². The number of carbonyl (C=O) groups is 1. The van der Waals surface area contributed by atoms with Gasteiger partial charge in [-0.3, -0.25) is 4.79 Å². The normalized spacial score (nSPS) is 14.6. The maximum Gasteiger partial charge on any atom is 0.356 e. The van der Waals surface area contributed by atoms with Crippen LogP contribution < -0.4 is 10.7 Å². The second-order valence-electron chi connectivity index (χ2n) is 7.76. The van der Waals surface area contributed by atoms with E-state index in [0.717, 1.165) is 6.07 Å². The fourth-order valence-electron chi connectivity index (χ4n) is 3.84. The van der Waals surface area contributed by atoms with Gasteiger partial charge in [0, 0.05) is 17.5 Å². The Hall–Kier alpha value is -3.52. The number of benzene rings is 1. The number of pyridine rings is 1. The Kier molecular flexibility index (Phi) is 6.03. The smallest absolute Gasteiger partial charge is 0.356 e. The molecule has 0 bridgehead atoms. The maximum atomic E-state index is 14.5. The molecular weight excluding hydrogens is 454 g/mol. The standard InChI is InChI=1S/C24H19ClF2N2O4/c1-11-21(30)17-10-15(27)9-16(23(17)33-22(11)13-3-5-14(26)6-4-13)12(2)28-18-7-8-19(25)29-20(18)24(31)32/h3,5,7-10,12,28H,4,6H2,1-2H3,(H,31,32)/t12-/m1/s1. The Balaban J connectivity index is 1.86. The van der Waals surface area contributed by atoms with Gasteiger partial charge in [0.25, 0.3) is 0 Å². The molecule has 1 aliphatic rings. The van der Waals surface area contributed by atoms with Gasteiger partial charge in [0.1, 0.15) is 28.1 Å². The number of carboxylic acids is 1. The van der Waals surface area contributed by atoms with Gasteiger partial charge in [-0.25, -0.2) is 18.6 Å². The summed E-state index contributed by atoms with van der Waals surface area (Å²) in [6, 6.07) is 4.55. The van der Waals surface area contributed by atoms with Crippen molar-refractivity contribution in [1.29, 1.82) is 0 Å². The molecular formula is C24H19ClF2N2O4. The van der Waals surface area contributed by atoms with E-state index in [1.807, 2.05) is 0 Å². The van der Waals surface area contributed by atoms with E-state index < -0.39 is 23.3 Å². The van der Waals surface area contributed by atoms with E-state index in [1.165, 1.54) is 24.3 Å². The van der Waals surface area contributed by atoms with Gasteiger partial charge in [-0.2, -0.15) is 0 Å². The first-order valence-corrected chi connectivity index (χ1v) is 10.5. The molecule has 1 atom stereocenters. The second-order valence-corrected chi connectivity index (χ2v) is 8.15. The van der Waals surface area contributed by atoms with Crippen LogP contribution >= 0.6 is 11.6 Å². The predicted octanol–water partition coefficient (Wildman–Crippen LogP) is 6.19. The van der Waals surface area contributed by atoms with Gasteiger partial charge in [0.15, 0.2) is 11.1 Å². The lowest BCUT2D eigenvalue weighted by Crippen LogP contribution is -2.15. The summed E-state index contributed by atoms with van der Waals surface area (Å²) in [7, 11) is 0.